The van der Waals surface area contributed by atoms with Crippen LogP contribution in [-0.2, 0) is 13.1 Å². The first kappa shape index (κ1) is 13.0. The maximum Gasteiger partial charge on any atom is 0.328 e. The smallest absolute Gasteiger partial charge is 0.328 e. The molecule has 0 aromatic carbocycles. The topological polar surface area (TPSA) is 52.9 Å². The molecule has 0 aliphatic carbocycles. The molecule has 2 N–H and O–H groups in total. The zero-order chi connectivity index (χ0) is 12.0. The van der Waals surface area contributed by atoms with Crippen molar-refractivity contribution >= 4 is 0 Å². The monoisotopic (exact) mass is 225 g/mol. The Bertz CT molecular complexity index is 353. The summed E-state index contributed by atoms with van der Waals surface area (Å²) in [6, 6.07) is 0.272. The van der Waals surface area contributed by atoms with E-state index in [1.54, 1.807) is 9.13 Å². The number of hydrogen-bond donors (Lipinski definition) is 1. The zero-order valence-corrected chi connectivity index (χ0v) is 10.4. The summed E-state index contributed by atoms with van der Waals surface area (Å²) in [5, 5.41) is 0. The molecule has 0 fully saturated rings. The quantitative estimate of drug-likeness (QED) is 0.766. The molecule has 0 amide bonds. The minimum absolute atomic E-state index is 0.104. The van der Waals surface area contributed by atoms with Crippen LogP contribution in [0.4, 0.5) is 0 Å². The zero-order valence-electron chi connectivity index (χ0n) is 10.4. The molecule has 1 atom stereocenters. The molecule has 1 unspecified atom stereocenters. The molecule has 1 heterocycles. The number of nitrogens with two attached hydrogens (primary N) is 1. The molecule has 0 bridgehead atoms. The van der Waals surface area contributed by atoms with Gasteiger partial charge in [0.05, 0.1) is 0 Å². The highest BCUT2D eigenvalue weighted by Gasteiger charge is 2.03. The lowest BCUT2D eigenvalue weighted by Crippen LogP contribution is -2.25. The molecule has 16 heavy (non-hydrogen) atoms. The van der Waals surface area contributed by atoms with Crippen molar-refractivity contribution in [3.63, 3.8) is 0 Å². The first-order valence-corrected chi connectivity index (χ1v) is 6.20. The number of rotatable bonds is 7. The fourth-order valence-electron chi connectivity index (χ4n) is 1.76. The van der Waals surface area contributed by atoms with E-state index < -0.39 is 0 Å². The number of nitrogens with zero attached hydrogens (tertiary/aromatic N) is 2. The Morgan fingerprint density at radius 3 is 2.44 bits per heavy atom. The highest BCUT2D eigenvalue weighted by molar-refractivity contribution is 4.81. The van der Waals surface area contributed by atoms with Crippen molar-refractivity contribution in [2.45, 2.75) is 58.7 Å². The molecule has 0 saturated carbocycles. The summed E-state index contributed by atoms with van der Waals surface area (Å²) in [7, 11) is 0. The third-order valence-electron chi connectivity index (χ3n) is 2.88. The van der Waals surface area contributed by atoms with Gasteiger partial charge in [-0.3, -0.25) is 9.13 Å². The van der Waals surface area contributed by atoms with Gasteiger partial charge in [-0.05, 0) is 25.7 Å². The molecular formula is C12H23N3O. The second kappa shape index (κ2) is 6.53. The van der Waals surface area contributed by atoms with Crippen LogP contribution in [0.5, 0.6) is 0 Å². The van der Waals surface area contributed by atoms with Gasteiger partial charge in [-0.25, -0.2) is 4.79 Å². The van der Waals surface area contributed by atoms with Gasteiger partial charge >= 0.3 is 5.69 Å². The minimum Gasteiger partial charge on any atom is -0.328 e. The summed E-state index contributed by atoms with van der Waals surface area (Å²) < 4.78 is 3.54. The average Bonchev–Trinajstić information content (AvgIpc) is 2.62. The first-order chi connectivity index (χ1) is 7.69. The molecule has 0 radical (unpaired) electrons. The van der Waals surface area contributed by atoms with Crippen LogP contribution >= 0.6 is 0 Å². The summed E-state index contributed by atoms with van der Waals surface area (Å²) in [5.41, 5.74) is 5.94. The van der Waals surface area contributed by atoms with Gasteiger partial charge in [0.15, 0.2) is 0 Å². The van der Waals surface area contributed by atoms with Crippen LogP contribution in [0.2, 0.25) is 0 Å². The van der Waals surface area contributed by atoms with Gasteiger partial charge in [0.1, 0.15) is 0 Å². The van der Waals surface area contributed by atoms with Crippen molar-refractivity contribution in [3.8, 4) is 0 Å². The van der Waals surface area contributed by atoms with Gasteiger partial charge in [-0.1, -0.05) is 13.8 Å². The molecule has 1 aromatic heterocycles. The Balaban J connectivity index is 2.45. The minimum atomic E-state index is 0.104. The second-order valence-corrected chi connectivity index (χ2v) is 4.28. The van der Waals surface area contributed by atoms with Crippen molar-refractivity contribution in [2.24, 2.45) is 5.73 Å². The summed E-state index contributed by atoms with van der Waals surface area (Å²) in [4.78, 5) is 11.8. The van der Waals surface area contributed by atoms with E-state index in [1.807, 2.05) is 12.4 Å². The van der Waals surface area contributed by atoms with Crippen LogP contribution < -0.4 is 11.4 Å². The van der Waals surface area contributed by atoms with Crippen LogP contribution in [0.1, 0.15) is 39.5 Å². The van der Waals surface area contributed by atoms with Crippen molar-refractivity contribution in [3.05, 3.63) is 22.9 Å². The van der Waals surface area contributed by atoms with E-state index in [1.165, 1.54) is 0 Å². The molecule has 4 nitrogen and oxygen atoms in total. The van der Waals surface area contributed by atoms with Crippen LogP contribution in [0.15, 0.2) is 17.2 Å². The standard InChI is InChI=1S/C12H23N3O/c1-3-7-14-9-10-15(12(14)16)8-5-6-11(13)4-2/h9-11H,3-8,13H2,1-2H3. The molecular weight excluding hydrogens is 202 g/mol. The number of aromatic nitrogens is 2. The summed E-state index contributed by atoms with van der Waals surface area (Å²) in [5.74, 6) is 0. The van der Waals surface area contributed by atoms with Gasteiger partial charge in [0.2, 0.25) is 0 Å². The van der Waals surface area contributed by atoms with Crippen LogP contribution in [0.25, 0.3) is 0 Å². The lowest BCUT2D eigenvalue weighted by molar-refractivity contribution is 0.511. The lowest BCUT2D eigenvalue weighted by Gasteiger charge is -2.07. The normalized spacial score (nSPS) is 12.9. The lowest BCUT2D eigenvalue weighted by atomic mass is 10.1. The van der Waals surface area contributed by atoms with Crippen LogP contribution in [0.3, 0.4) is 0 Å². The molecule has 1 aromatic rings. The summed E-state index contributed by atoms with van der Waals surface area (Å²) in [6.07, 6.45) is 7.70. The fourth-order valence-corrected chi connectivity index (χ4v) is 1.76. The third-order valence-corrected chi connectivity index (χ3v) is 2.88. The Morgan fingerprint density at radius 1 is 1.25 bits per heavy atom. The highest BCUT2D eigenvalue weighted by Crippen LogP contribution is 2.00. The second-order valence-electron chi connectivity index (χ2n) is 4.28. The third kappa shape index (κ3) is 3.52. The molecule has 0 saturated heterocycles. The maximum absolute atomic E-state index is 11.8. The van der Waals surface area contributed by atoms with Crippen molar-refractivity contribution in [2.75, 3.05) is 0 Å². The Kier molecular flexibility index (Phi) is 5.32. The fraction of sp³-hybridized carbons (Fsp3) is 0.750. The van der Waals surface area contributed by atoms with Gasteiger partial charge in [0.25, 0.3) is 0 Å². The first-order valence-electron chi connectivity index (χ1n) is 6.20. The van der Waals surface area contributed by atoms with Crippen molar-refractivity contribution in [1.82, 2.24) is 9.13 Å². The summed E-state index contributed by atoms with van der Waals surface area (Å²) in [6.45, 7) is 5.75. The van der Waals surface area contributed by atoms with Crippen molar-refractivity contribution < 1.29 is 0 Å². The molecule has 0 aliphatic rings. The number of hydrogen-bond acceptors (Lipinski definition) is 2. The highest BCUT2D eigenvalue weighted by atomic mass is 16.1. The van der Waals surface area contributed by atoms with E-state index in [2.05, 4.69) is 13.8 Å². The Morgan fingerprint density at radius 2 is 1.88 bits per heavy atom. The van der Waals surface area contributed by atoms with Crippen LogP contribution in [0, 0.1) is 0 Å². The van der Waals surface area contributed by atoms with Gasteiger partial charge < -0.3 is 5.73 Å². The maximum atomic E-state index is 11.8. The van der Waals surface area contributed by atoms with Gasteiger partial charge in [-0.15, -0.1) is 0 Å². The van der Waals surface area contributed by atoms with Gasteiger partial charge in [-0.2, -0.15) is 0 Å². The molecule has 0 aliphatic heterocycles. The van der Waals surface area contributed by atoms with E-state index in [-0.39, 0.29) is 11.7 Å². The van der Waals surface area contributed by atoms with Crippen molar-refractivity contribution in [1.29, 1.82) is 0 Å². The predicted octanol–water partition coefficient (Wildman–Crippen LogP) is 1.58. The number of aryl methyl sites for hydroxylation is 2. The van der Waals surface area contributed by atoms with E-state index in [0.29, 0.717) is 0 Å². The van der Waals surface area contributed by atoms with E-state index in [9.17, 15) is 4.79 Å². The Labute approximate surface area is 97.1 Å². The molecule has 92 valence electrons. The van der Waals surface area contributed by atoms with E-state index in [0.717, 1.165) is 38.8 Å². The Hall–Kier alpha value is -1.03. The molecule has 4 heteroatoms. The van der Waals surface area contributed by atoms with Gasteiger partial charge in [0, 0.05) is 31.5 Å². The van der Waals surface area contributed by atoms with E-state index >= 15 is 0 Å². The van der Waals surface area contributed by atoms with Crippen LogP contribution in [-0.4, -0.2) is 15.2 Å². The SMILES string of the molecule is CCCn1ccn(CCCC(N)CC)c1=O. The van der Waals surface area contributed by atoms with E-state index in [4.69, 9.17) is 5.73 Å². The average molecular weight is 225 g/mol. The largest absolute Gasteiger partial charge is 0.328 e. The summed E-state index contributed by atoms with van der Waals surface area (Å²) >= 11 is 0. The molecule has 0 spiro atoms. The predicted molar refractivity (Wildman–Crippen MR) is 66.5 cm³/mol. The molecule has 1 rings (SSSR count). The number of imidazole rings is 1.